The predicted molar refractivity (Wildman–Crippen MR) is 123 cm³/mol. The molecule has 0 amide bonds. The molecule has 154 valence electrons. The summed E-state index contributed by atoms with van der Waals surface area (Å²) in [4.78, 5) is 6.58. The number of halogens is 1. The lowest BCUT2D eigenvalue weighted by Gasteiger charge is -2.28. The molecular formula is C23H23ClN4OS. The van der Waals surface area contributed by atoms with Crippen LogP contribution in [0.2, 0.25) is 5.02 Å². The highest BCUT2D eigenvalue weighted by atomic mass is 35.5. The maximum Gasteiger partial charge on any atom is 0.174 e. The molecule has 3 aromatic rings. The number of nitrogens with one attached hydrogen (secondary N) is 1. The van der Waals surface area contributed by atoms with Gasteiger partial charge in [-0.05, 0) is 80.9 Å². The summed E-state index contributed by atoms with van der Waals surface area (Å²) in [6.45, 7) is 4.33. The molecule has 2 atom stereocenters. The Morgan fingerprint density at radius 3 is 2.67 bits per heavy atom. The van der Waals surface area contributed by atoms with Crippen LogP contribution in [0.4, 0.5) is 5.69 Å². The quantitative estimate of drug-likeness (QED) is 0.536. The lowest BCUT2D eigenvalue weighted by Crippen LogP contribution is -2.29. The van der Waals surface area contributed by atoms with E-state index in [4.69, 9.17) is 23.8 Å². The second-order valence-corrected chi connectivity index (χ2v) is 8.88. The van der Waals surface area contributed by atoms with E-state index in [0.717, 1.165) is 5.69 Å². The van der Waals surface area contributed by atoms with Crippen LogP contribution in [-0.2, 0) is 0 Å². The van der Waals surface area contributed by atoms with E-state index in [1.807, 2.05) is 23.1 Å². The molecule has 1 aromatic carbocycles. The van der Waals surface area contributed by atoms with Crippen LogP contribution < -0.4 is 10.2 Å². The third-order valence-corrected chi connectivity index (χ3v) is 6.60. The zero-order valence-electron chi connectivity index (χ0n) is 16.8. The second kappa shape index (κ2) is 7.29. The number of nitrogens with zero attached hydrogens (tertiary/aromatic N) is 3. The maximum absolute atomic E-state index is 10.7. The fourth-order valence-electron chi connectivity index (χ4n) is 4.62. The predicted octanol–water partition coefficient (Wildman–Crippen LogP) is 5.37. The van der Waals surface area contributed by atoms with E-state index in [2.05, 4.69) is 34.8 Å². The van der Waals surface area contributed by atoms with Crippen LogP contribution in [0.3, 0.4) is 0 Å². The molecule has 2 aliphatic rings. The number of benzene rings is 1. The molecule has 1 aliphatic heterocycles. The molecule has 0 radical (unpaired) electrons. The van der Waals surface area contributed by atoms with Crippen LogP contribution in [0.15, 0.2) is 48.7 Å². The van der Waals surface area contributed by atoms with Crippen molar-refractivity contribution in [2.24, 2.45) is 0 Å². The molecule has 1 saturated heterocycles. The molecule has 0 unspecified atom stereocenters. The molecule has 2 aromatic heterocycles. The van der Waals surface area contributed by atoms with Gasteiger partial charge in [-0.3, -0.25) is 4.98 Å². The zero-order chi connectivity index (χ0) is 21.0. The SMILES string of the molecule is Cc1cc([C@H]2[C@H](c3ccccn3)NC(=S)N2c2cc(Cl)ccc2O)c(C)n1C1CC1. The van der Waals surface area contributed by atoms with Gasteiger partial charge in [-0.25, -0.2) is 0 Å². The Bertz CT molecular complexity index is 1130. The van der Waals surface area contributed by atoms with Crippen molar-refractivity contribution >= 4 is 34.6 Å². The number of phenols is 1. The Balaban J connectivity index is 1.69. The van der Waals surface area contributed by atoms with Gasteiger partial charge in [0.25, 0.3) is 0 Å². The first-order chi connectivity index (χ1) is 14.5. The number of aryl methyl sites for hydroxylation is 1. The summed E-state index contributed by atoms with van der Waals surface area (Å²) in [5.41, 5.74) is 5.17. The van der Waals surface area contributed by atoms with Gasteiger partial charge >= 0.3 is 0 Å². The summed E-state index contributed by atoms with van der Waals surface area (Å²) in [6, 6.07) is 13.5. The van der Waals surface area contributed by atoms with E-state index in [0.29, 0.717) is 21.9 Å². The average Bonchev–Trinajstić information content (AvgIpc) is 3.44. The lowest BCUT2D eigenvalue weighted by molar-refractivity contribution is 0.472. The average molecular weight is 439 g/mol. The number of phenolic OH excluding ortho intramolecular Hbond substituents is 1. The summed E-state index contributed by atoms with van der Waals surface area (Å²) < 4.78 is 2.43. The monoisotopic (exact) mass is 438 g/mol. The molecule has 1 saturated carbocycles. The van der Waals surface area contributed by atoms with Crippen molar-refractivity contribution in [3.8, 4) is 5.75 Å². The third-order valence-electron chi connectivity index (χ3n) is 6.05. The van der Waals surface area contributed by atoms with E-state index in [-0.39, 0.29) is 17.8 Å². The van der Waals surface area contributed by atoms with E-state index in [9.17, 15) is 5.11 Å². The molecular weight excluding hydrogens is 416 g/mol. The third kappa shape index (κ3) is 3.15. The molecule has 5 rings (SSSR count). The van der Waals surface area contributed by atoms with Crippen molar-refractivity contribution in [2.45, 2.75) is 44.8 Å². The Labute approximate surface area is 186 Å². The van der Waals surface area contributed by atoms with Crippen LogP contribution in [0, 0.1) is 13.8 Å². The van der Waals surface area contributed by atoms with Crippen molar-refractivity contribution < 1.29 is 5.11 Å². The molecule has 2 N–H and O–H groups in total. The summed E-state index contributed by atoms with van der Waals surface area (Å²) in [5, 5.41) is 15.2. The fraction of sp³-hybridized carbons (Fsp3) is 0.304. The van der Waals surface area contributed by atoms with Gasteiger partial charge in [0.2, 0.25) is 0 Å². The molecule has 30 heavy (non-hydrogen) atoms. The van der Waals surface area contributed by atoms with E-state index in [1.54, 1.807) is 24.4 Å². The van der Waals surface area contributed by atoms with Crippen LogP contribution >= 0.6 is 23.8 Å². The van der Waals surface area contributed by atoms with Crippen molar-refractivity contribution in [1.82, 2.24) is 14.9 Å². The maximum atomic E-state index is 10.7. The van der Waals surface area contributed by atoms with E-state index >= 15 is 0 Å². The first-order valence-corrected chi connectivity index (χ1v) is 10.9. The highest BCUT2D eigenvalue weighted by molar-refractivity contribution is 7.80. The van der Waals surface area contributed by atoms with Crippen LogP contribution in [0.25, 0.3) is 0 Å². The number of pyridine rings is 1. The minimum atomic E-state index is -0.157. The number of rotatable bonds is 4. The Morgan fingerprint density at radius 2 is 1.97 bits per heavy atom. The second-order valence-electron chi connectivity index (χ2n) is 8.06. The van der Waals surface area contributed by atoms with Crippen molar-refractivity contribution in [3.05, 3.63) is 76.3 Å². The summed E-state index contributed by atoms with van der Waals surface area (Å²) in [5.74, 6) is 0.145. The van der Waals surface area contributed by atoms with Gasteiger partial charge in [0.05, 0.1) is 23.5 Å². The van der Waals surface area contributed by atoms with Crippen molar-refractivity contribution in [2.75, 3.05) is 4.90 Å². The van der Waals surface area contributed by atoms with Gasteiger partial charge < -0.3 is 19.9 Å². The largest absolute Gasteiger partial charge is 0.506 e. The number of thiocarbonyl (C=S) groups is 1. The van der Waals surface area contributed by atoms with Gasteiger partial charge in [0.15, 0.2) is 5.11 Å². The van der Waals surface area contributed by atoms with Gasteiger partial charge in [-0.15, -0.1) is 0 Å². The number of aromatic nitrogens is 2. The Morgan fingerprint density at radius 1 is 1.17 bits per heavy atom. The standard InChI is InChI=1S/C23H23ClN4OS/c1-13-11-17(14(2)27(13)16-7-8-16)22-21(18-5-3-4-10-25-18)26-23(30)28(22)19-12-15(24)6-9-20(19)29/h3-6,9-12,16,21-22,29H,7-8H2,1-2H3,(H,26,30)/t21-,22-/m0/s1. The number of anilines is 1. The normalized spacial score (nSPS) is 21.2. The van der Waals surface area contributed by atoms with Crippen molar-refractivity contribution in [3.63, 3.8) is 0 Å². The highest BCUT2D eigenvalue weighted by Gasteiger charge is 2.43. The van der Waals surface area contributed by atoms with E-state index < -0.39 is 0 Å². The molecule has 7 heteroatoms. The minimum Gasteiger partial charge on any atom is -0.506 e. The zero-order valence-corrected chi connectivity index (χ0v) is 18.4. The smallest absolute Gasteiger partial charge is 0.174 e. The Kier molecular flexibility index (Phi) is 4.71. The summed E-state index contributed by atoms with van der Waals surface area (Å²) in [7, 11) is 0. The first kappa shape index (κ1) is 19.4. The van der Waals surface area contributed by atoms with E-state index in [1.165, 1.54) is 29.8 Å². The topological polar surface area (TPSA) is 53.3 Å². The minimum absolute atomic E-state index is 0.145. The lowest BCUT2D eigenvalue weighted by atomic mass is 9.96. The first-order valence-electron chi connectivity index (χ1n) is 10.1. The molecule has 5 nitrogen and oxygen atoms in total. The number of hydrogen-bond donors (Lipinski definition) is 2. The highest BCUT2D eigenvalue weighted by Crippen LogP contribution is 2.47. The fourth-order valence-corrected chi connectivity index (χ4v) is 5.12. The van der Waals surface area contributed by atoms with Crippen molar-refractivity contribution in [1.29, 1.82) is 0 Å². The van der Waals surface area contributed by atoms with Crippen LogP contribution in [0.1, 0.15) is 53.6 Å². The molecule has 3 heterocycles. The Hall–Kier alpha value is -2.57. The molecule has 1 aliphatic carbocycles. The van der Waals surface area contributed by atoms with Crippen LogP contribution in [-0.4, -0.2) is 19.8 Å². The van der Waals surface area contributed by atoms with Gasteiger partial charge in [-0.1, -0.05) is 17.7 Å². The van der Waals surface area contributed by atoms with Gasteiger partial charge in [0.1, 0.15) is 5.75 Å². The summed E-state index contributed by atoms with van der Waals surface area (Å²) >= 11 is 12.0. The van der Waals surface area contributed by atoms with Crippen LogP contribution in [0.5, 0.6) is 5.75 Å². The molecule has 0 spiro atoms. The summed E-state index contributed by atoms with van der Waals surface area (Å²) in [6.07, 6.45) is 4.24. The van der Waals surface area contributed by atoms with Gasteiger partial charge in [-0.2, -0.15) is 0 Å². The number of hydrogen-bond acceptors (Lipinski definition) is 3. The molecule has 2 fully saturated rings. The molecule has 0 bridgehead atoms. The number of aromatic hydroxyl groups is 1. The van der Waals surface area contributed by atoms with Gasteiger partial charge in [0, 0.05) is 28.6 Å².